The quantitative estimate of drug-likeness (QED) is 0.525. The van der Waals surface area contributed by atoms with E-state index < -0.39 is 44.5 Å². The number of alkyl halides is 6. The minimum absolute atomic E-state index is 0.118. The molecule has 0 bridgehead atoms. The topological polar surface area (TPSA) is 73.7 Å². The molecule has 37 heavy (non-hydrogen) atoms. The Labute approximate surface area is 211 Å². The highest BCUT2D eigenvalue weighted by Gasteiger charge is 2.71. The van der Waals surface area contributed by atoms with Crippen LogP contribution in [0.1, 0.15) is 30.9 Å². The number of hydrogen-bond acceptors (Lipinski definition) is 5. The summed E-state index contributed by atoms with van der Waals surface area (Å²) in [5.74, 6) is 0. The molecule has 0 amide bonds. The number of nitrogens with zero attached hydrogens (tertiary/aromatic N) is 3. The summed E-state index contributed by atoms with van der Waals surface area (Å²) in [4.78, 5) is 5.90. The summed E-state index contributed by atoms with van der Waals surface area (Å²) in [6.45, 7) is 3.52. The average molecular weight is 552 g/mol. The highest BCUT2D eigenvalue weighted by molar-refractivity contribution is 7.89. The Hall–Kier alpha value is -2.22. The maximum atomic E-state index is 13.2. The molecule has 1 unspecified atom stereocenters. The van der Waals surface area contributed by atoms with Gasteiger partial charge in [0.25, 0.3) is 5.60 Å². The lowest BCUT2D eigenvalue weighted by molar-refractivity contribution is -0.376. The number of benzene rings is 1. The summed E-state index contributed by atoms with van der Waals surface area (Å²) >= 11 is 0. The van der Waals surface area contributed by atoms with E-state index in [0.717, 1.165) is 31.4 Å². The van der Waals surface area contributed by atoms with Crippen LogP contribution >= 0.6 is 0 Å². The molecule has 1 saturated carbocycles. The fraction of sp³-hybridized carbons (Fsp3) is 0.542. The monoisotopic (exact) mass is 551 g/mol. The molecule has 2 heterocycles. The normalized spacial score (nSPS) is 21.7. The van der Waals surface area contributed by atoms with Crippen molar-refractivity contribution in [3.05, 3.63) is 59.9 Å². The maximum Gasteiger partial charge on any atom is 0.430 e. The fourth-order valence-corrected chi connectivity index (χ4v) is 6.60. The van der Waals surface area contributed by atoms with Crippen LogP contribution in [0.5, 0.6) is 0 Å². The van der Waals surface area contributed by atoms with Crippen molar-refractivity contribution in [1.82, 2.24) is 14.2 Å². The molecule has 1 aliphatic carbocycles. The Morgan fingerprint density at radius 3 is 2.14 bits per heavy atom. The van der Waals surface area contributed by atoms with Crippen molar-refractivity contribution in [2.45, 2.75) is 55.1 Å². The third-order valence-electron chi connectivity index (χ3n) is 7.17. The zero-order valence-electron chi connectivity index (χ0n) is 19.9. The van der Waals surface area contributed by atoms with E-state index >= 15 is 0 Å². The van der Waals surface area contributed by atoms with Crippen LogP contribution in [-0.2, 0) is 22.0 Å². The van der Waals surface area contributed by atoms with Gasteiger partial charge in [0.05, 0.1) is 4.90 Å². The van der Waals surface area contributed by atoms with Crippen molar-refractivity contribution in [3.63, 3.8) is 0 Å². The smallest absolute Gasteiger partial charge is 0.369 e. The van der Waals surface area contributed by atoms with E-state index in [4.69, 9.17) is 0 Å². The summed E-state index contributed by atoms with van der Waals surface area (Å²) in [5, 5.41) is 9.54. The molecule has 0 spiro atoms. The first kappa shape index (κ1) is 27.8. The number of sulfonamides is 1. The number of aromatic nitrogens is 1. The van der Waals surface area contributed by atoms with E-state index in [9.17, 15) is 39.9 Å². The van der Waals surface area contributed by atoms with Crippen LogP contribution in [0.4, 0.5) is 26.3 Å². The Balaban J connectivity index is 1.45. The van der Waals surface area contributed by atoms with Crippen LogP contribution in [-0.4, -0.2) is 72.3 Å². The molecule has 4 rings (SSSR count). The van der Waals surface area contributed by atoms with Crippen molar-refractivity contribution in [1.29, 1.82) is 0 Å². The second-order valence-corrected chi connectivity index (χ2v) is 11.9. The van der Waals surface area contributed by atoms with Crippen LogP contribution in [0, 0.1) is 5.41 Å². The van der Waals surface area contributed by atoms with Gasteiger partial charge in [-0.3, -0.25) is 9.88 Å². The molecule has 0 radical (unpaired) electrons. The van der Waals surface area contributed by atoms with Crippen LogP contribution in [0.2, 0.25) is 0 Å². The van der Waals surface area contributed by atoms with Gasteiger partial charge in [0.1, 0.15) is 0 Å². The largest absolute Gasteiger partial charge is 0.430 e. The third kappa shape index (κ3) is 5.36. The first-order valence-corrected chi connectivity index (χ1v) is 13.1. The summed E-state index contributed by atoms with van der Waals surface area (Å²) in [7, 11) is -4.19. The van der Waals surface area contributed by atoms with Crippen LogP contribution in [0.25, 0.3) is 0 Å². The zero-order chi connectivity index (χ0) is 27.3. The van der Waals surface area contributed by atoms with Gasteiger partial charge in [-0.2, -0.15) is 30.6 Å². The van der Waals surface area contributed by atoms with E-state index in [0.29, 0.717) is 37.4 Å². The van der Waals surface area contributed by atoms with Crippen LogP contribution in [0.15, 0.2) is 53.7 Å². The van der Waals surface area contributed by atoms with Gasteiger partial charge < -0.3 is 5.11 Å². The molecule has 6 nitrogen and oxygen atoms in total. The molecule has 1 aliphatic heterocycles. The minimum Gasteiger partial charge on any atom is -0.369 e. The Morgan fingerprint density at radius 2 is 1.65 bits per heavy atom. The molecule has 1 atom stereocenters. The van der Waals surface area contributed by atoms with Crippen molar-refractivity contribution in [3.8, 4) is 0 Å². The molecule has 13 heteroatoms. The number of rotatable bonds is 7. The van der Waals surface area contributed by atoms with Crippen LogP contribution in [0.3, 0.4) is 0 Å². The lowest BCUT2D eigenvalue weighted by atomic mass is 9.92. The van der Waals surface area contributed by atoms with Gasteiger partial charge >= 0.3 is 12.4 Å². The van der Waals surface area contributed by atoms with E-state index in [-0.39, 0.29) is 12.0 Å². The first-order valence-electron chi connectivity index (χ1n) is 11.7. The fourth-order valence-electron chi connectivity index (χ4n) is 4.99. The van der Waals surface area contributed by atoms with Crippen molar-refractivity contribution >= 4 is 10.0 Å². The highest BCUT2D eigenvalue weighted by atomic mass is 32.2. The van der Waals surface area contributed by atoms with Gasteiger partial charge in [0.2, 0.25) is 10.0 Å². The predicted molar refractivity (Wildman–Crippen MR) is 122 cm³/mol. The molecule has 1 aromatic carbocycles. The van der Waals surface area contributed by atoms with Crippen molar-refractivity contribution < 1.29 is 39.9 Å². The summed E-state index contributed by atoms with van der Waals surface area (Å²) in [5.41, 5.74) is -5.36. The molecule has 204 valence electrons. The molecular weight excluding hydrogens is 524 g/mol. The molecule has 2 aliphatic rings. The van der Waals surface area contributed by atoms with Gasteiger partial charge in [0, 0.05) is 50.2 Å². The lowest BCUT2D eigenvalue weighted by Gasteiger charge is -2.40. The Bertz CT molecular complexity index is 1180. The van der Waals surface area contributed by atoms with Crippen molar-refractivity contribution in [2.24, 2.45) is 5.41 Å². The van der Waals surface area contributed by atoms with E-state index in [2.05, 4.69) is 9.88 Å². The first-order chi connectivity index (χ1) is 17.1. The molecule has 1 N–H and O–H groups in total. The standard InChI is InChI=1S/C24H27F6N3O3S/c1-17-15-32(16-21(8-9-21)13-18-3-2-10-31-14-18)11-12-33(17)37(35,36)20-6-4-19(5-7-20)22(34,23(25,26)27)24(28,29)30/h2-7,10,14,17,34H,8-9,11-13,15-16H2,1H3. The van der Waals surface area contributed by atoms with Gasteiger partial charge in [-0.1, -0.05) is 18.2 Å². The van der Waals surface area contributed by atoms with Crippen LogP contribution < -0.4 is 0 Å². The molecule has 1 saturated heterocycles. The average Bonchev–Trinajstić information content (AvgIpc) is 3.56. The Morgan fingerprint density at radius 1 is 1.03 bits per heavy atom. The van der Waals surface area contributed by atoms with E-state index in [1.165, 1.54) is 4.31 Å². The number of hydrogen-bond donors (Lipinski definition) is 1. The molecule has 2 aromatic rings. The summed E-state index contributed by atoms with van der Waals surface area (Å²) in [6, 6.07) is 5.48. The van der Waals surface area contributed by atoms with Gasteiger partial charge in [-0.25, -0.2) is 8.42 Å². The van der Waals surface area contributed by atoms with Gasteiger partial charge in [0.15, 0.2) is 0 Å². The maximum absolute atomic E-state index is 13.2. The number of piperazine rings is 1. The molecule has 2 fully saturated rings. The van der Waals surface area contributed by atoms with Crippen molar-refractivity contribution in [2.75, 3.05) is 26.2 Å². The number of aliphatic hydroxyl groups is 1. The highest BCUT2D eigenvalue weighted by Crippen LogP contribution is 2.50. The SMILES string of the molecule is CC1CN(CC2(Cc3cccnc3)CC2)CCN1S(=O)(=O)c1ccc(C(O)(C(F)(F)F)C(F)(F)F)cc1. The Kier molecular flexibility index (Phi) is 7.15. The van der Waals surface area contributed by atoms with Gasteiger partial charge in [-0.15, -0.1) is 0 Å². The third-order valence-corrected chi connectivity index (χ3v) is 9.20. The molecule has 1 aromatic heterocycles. The summed E-state index contributed by atoms with van der Waals surface area (Å²) < 4.78 is 106. The number of halogens is 6. The summed E-state index contributed by atoms with van der Waals surface area (Å²) in [6.07, 6.45) is -5.55. The van der Waals surface area contributed by atoms with E-state index in [1.807, 2.05) is 18.3 Å². The van der Waals surface area contributed by atoms with Gasteiger partial charge in [-0.05, 0) is 55.4 Å². The minimum atomic E-state index is -6.05. The molecular formula is C24H27F6N3O3S. The zero-order valence-corrected chi connectivity index (χ0v) is 20.7. The van der Waals surface area contributed by atoms with E-state index in [1.54, 1.807) is 13.1 Å². The predicted octanol–water partition coefficient (Wildman–Crippen LogP) is 4.11. The number of pyridine rings is 1. The second kappa shape index (κ2) is 9.51. The lowest BCUT2D eigenvalue weighted by Crippen LogP contribution is -2.55. The second-order valence-electron chi connectivity index (χ2n) is 9.97.